The second-order valence-corrected chi connectivity index (χ2v) is 24.0. The average molecular weight is 621 g/mol. The van der Waals surface area contributed by atoms with Gasteiger partial charge in [0.05, 0.1) is 16.6 Å². The van der Waals surface area contributed by atoms with E-state index in [9.17, 15) is 0 Å². The number of hydrogen-bond donors (Lipinski definition) is 0. The molecule has 4 aromatic rings. The van der Waals surface area contributed by atoms with E-state index in [4.69, 9.17) is 19.6 Å². The Balaban J connectivity index is 1.69. The zero-order valence-corrected chi connectivity index (χ0v) is 25.9. The maximum Gasteiger partial charge on any atom is 0.164 e. The molecule has 35 heavy (non-hydrogen) atoms. The number of aromatic nitrogens is 4. The summed E-state index contributed by atoms with van der Waals surface area (Å²) >= 11 is 2.36. The molecule has 0 saturated heterocycles. The third-order valence-corrected chi connectivity index (χ3v) is 10.1. The van der Waals surface area contributed by atoms with Crippen molar-refractivity contribution < 1.29 is 9.47 Å². The van der Waals surface area contributed by atoms with Crippen LogP contribution >= 0.6 is 22.6 Å². The molecule has 0 bridgehead atoms. The molecule has 0 saturated carbocycles. The third kappa shape index (κ3) is 6.82. The molecule has 0 fully saturated rings. The molecule has 188 valence electrons. The van der Waals surface area contributed by atoms with Gasteiger partial charge in [-0.3, -0.25) is 4.57 Å². The number of para-hydroxylation sites is 2. The molecular weight excluding hydrogens is 583 g/mol. The van der Waals surface area contributed by atoms with E-state index in [0.29, 0.717) is 13.5 Å². The Labute approximate surface area is 224 Å². The van der Waals surface area contributed by atoms with Crippen LogP contribution in [-0.4, -0.2) is 48.7 Å². The van der Waals surface area contributed by atoms with Gasteiger partial charge in [0.1, 0.15) is 19.2 Å². The predicted octanol–water partition coefficient (Wildman–Crippen LogP) is 7.28. The maximum atomic E-state index is 6.18. The second-order valence-electron chi connectivity index (χ2n) is 11.6. The SMILES string of the molecule is C[Si](C)(C)CCOCn1nc(-c2nc3ccccc3n2COCC[Si](C)(C)C)c2cc(I)ccc21. The largest absolute Gasteiger partial charge is 0.361 e. The summed E-state index contributed by atoms with van der Waals surface area (Å²) in [6.45, 7) is 16.7. The Kier molecular flexibility index (Phi) is 8.21. The molecule has 9 heteroatoms. The zero-order valence-electron chi connectivity index (χ0n) is 21.8. The fourth-order valence-corrected chi connectivity index (χ4v) is 5.87. The van der Waals surface area contributed by atoms with E-state index >= 15 is 0 Å². The summed E-state index contributed by atoms with van der Waals surface area (Å²) in [5.41, 5.74) is 3.95. The van der Waals surface area contributed by atoms with Crippen LogP contribution in [-0.2, 0) is 22.9 Å². The molecule has 0 unspecified atom stereocenters. The number of nitrogens with zero attached hydrogens (tertiary/aromatic N) is 4. The molecule has 0 amide bonds. The topological polar surface area (TPSA) is 54.1 Å². The molecule has 0 aliphatic heterocycles. The molecule has 0 radical (unpaired) electrons. The lowest BCUT2D eigenvalue weighted by molar-refractivity contribution is 0.0817. The molecule has 0 aliphatic rings. The third-order valence-electron chi connectivity index (χ3n) is 6.01. The highest BCUT2D eigenvalue weighted by Crippen LogP contribution is 2.31. The molecule has 0 aliphatic carbocycles. The molecule has 4 rings (SSSR count). The van der Waals surface area contributed by atoms with E-state index in [0.717, 1.165) is 58.8 Å². The van der Waals surface area contributed by atoms with Gasteiger partial charge in [-0.05, 0) is 65.0 Å². The van der Waals surface area contributed by atoms with Crippen LogP contribution in [0.4, 0.5) is 0 Å². The number of halogens is 1. The summed E-state index contributed by atoms with van der Waals surface area (Å²) in [5, 5.41) is 6.11. The van der Waals surface area contributed by atoms with Crippen molar-refractivity contribution in [1.82, 2.24) is 19.3 Å². The summed E-state index contributed by atoms with van der Waals surface area (Å²) in [5.74, 6) is 0.840. The summed E-state index contributed by atoms with van der Waals surface area (Å²) in [7, 11) is -2.29. The van der Waals surface area contributed by atoms with Gasteiger partial charge in [0.15, 0.2) is 5.82 Å². The number of benzene rings is 2. The maximum absolute atomic E-state index is 6.18. The fourth-order valence-electron chi connectivity index (χ4n) is 3.87. The zero-order chi connectivity index (χ0) is 25.2. The normalized spacial score (nSPS) is 12.8. The van der Waals surface area contributed by atoms with E-state index in [2.05, 4.69) is 103 Å². The average Bonchev–Trinajstić information content (AvgIpc) is 3.31. The lowest BCUT2D eigenvalue weighted by Gasteiger charge is -2.16. The molecule has 2 aromatic carbocycles. The van der Waals surface area contributed by atoms with Gasteiger partial charge < -0.3 is 9.47 Å². The van der Waals surface area contributed by atoms with Crippen LogP contribution in [0.3, 0.4) is 0 Å². The Morgan fingerprint density at radius 2 is 1.49 bits per heavy atom. The predicted molar refractivity (Wildman–Crippen MR) is 159 cm³/mol. The van der Waals surface area contributed by atoms with Crippen molar-refractivity contribution in [2.45, 2.75) is 64.8 Å². The second kappa shape index (κ2) is 10.8. The van der Waals surface area contributed by atoms with Crippen molar-refractivity contribution >= 4 is 60.7 Å². The van der Waals surface area contributed by atoms with Crippen LogP contribution in [0.15, 0.2) is 42.5 Å². The first-order valence-electron chi connectivity index (χ1n) is 12.3. The van der Waals surface area contributed by atoms with Gasteiger partial charge >= 0.3 is 0 Å². The monoisotopic (exact) mass is 620 g/mol. The first kappa shape index (κ1) is 26.5. The van der Waals surface area contributed by atoms with Crippen LogP contribution < -0.4 is 0 Å². The Morgan fingerprint density at radius 1 is 0.829 bits per heavy atom. The molecule has 0 atom stereocenters. The van der Waals surface area contributed by atoms with Gasteiger partial charge in [0, 0.05) is 38.3 Å². The van der Waals surface area contributed by atoms with Gasteiger partial charge in [-0.25, -0.2) is 9.67 Å². The van der Waals surface area contributed by atoms with Gasteiger partial charge in [-0.1, -0.05) is 51.4 Å². The molecule has 2 aromatic heterocycles. The number of rotatable bonds is 11. The summed E-state index contributed by atoms with van der Waals surface area (Å²) < 4.78 is 17.6. The van der Waals surface area contributed by atoms with Crippen molar-refractivity contribution in [2.24, 2.45) is 0 Å². The van der Waals surface area contributed by atoms with E-state index in [-0.39, 0.29) is 0 Å². The number of ether oxygens (including phenoxy) is 2. The molecule has 0 N–H and O–H groups in total. The molecule has 0 spiro atoms. The minimum Gasteiger partial charge on any atom is -0.361 e. The fraction of sp³-hybridized carbons (Fsp3) is 0.462. The lowest BCUT2D eigenvalue weighted by Crippen LogP contribution is -2.22. The summed E-state index contributed by atoms with van der Waals surface area (Å²) in [6.07, 6.45) is 0. The van der Waals surface area contributed by atoms with Crippen molar-refractivity contribution in [3.63, 3.8) is 0 Å². The highest BCUT2D eigenvalue weighted by Gasteiger charge is 2.21. The van der Waals surface area contributed by atoms with E-state index < -0.39 is 16.1 Å². The standard InChI is InChI=1S/C26H37IN4O2Si2/c1-34(2,3)15-13-32-18-30-24-10-8-7-9-22(24)28-26(30)25-21-17-20(27)11-12-23(21)31(29-25)19-33-14-16-35(4,5)6/h7-12,17H,13-16,18-19H2,1-6H3. The van der Waals surface area contributed by atoms with E-state index in [1.165, 1.54) is 3.57 Å². The van der Waals surface area contributed by atoms with Crippen molar-refractivity contribution in [1.29, 1.82) is 0 Å². The van der Waals surface area contributed by atoms with Crippen molar-refractivity contribution in [3.05, 3.63) is 46.0 Å². The van der Waals surface area contributed by atoms with Crippen LogP contribution in [0.5, 0.6) is 0 Å². The highest BCUT2D eigenvalue weighted by molar-refractivity contribution is 14.1. The molecule has 2 heterocycles. The Bertz CT molecular complexity index is 1300. The van der Waals surface area contributed by atoms with E-state index in [1.54, 1.807) is 0 Å². The van der Waals surface area contributed by atoms with Crippen LogP contribution in [0.1, 0.15) is 0 Å². The number of hydrogen-bond acceptors (Lipinski definition) is 4. The Hall–Kier alpha value is -1.54. The smallest absolute Gasteiger partial charge is 0.164 e. The first-order chi connectivity index (χ1) is 16.5. The van der Waals surface area contributed by atoms with Crippen LogP contribution in [0, 0.1) is 3.57 Å². The van der Waals surface area contributed by atoms with Gasteiger partial charge in [0.2, 0.25) is 0 Å². The van der Waals surface area contributed by atoms with Crippen LogP contribution in [0.2, 0.25) is 51.4 Å². The lowest BCUT2D eigenvalue weighted by atomic mass is 10.2. The minimum atomic E-state index is -1.16. The van der Waals surface area contributed by atoms with Crippen LogP contribution in [0.25, 0.3) is 33.5 Å². The molecule has 6 nitrogen and oxygen atoms in total. The van der Waals surface area contributed by atoms with Gasteiger partial charge in [-0.15, -0.1) is 0 Å². The number of imidazole rings is 1. The Morgan fingerprint density at radius 3 is 2.17 bits per heavy atom. The van der Waals surface area contributed by atoms with E-state index in [1.807, 2.05) is 10.7 Å². The highest BCUT2D eigenvalue weighted by atomic mass is 127. The van der Waals surface area contributed by atoms with Gasteiger partial charge in [-0.2, -0.15) is 5.10 Å². The number of fused-ring (bicyclic) bond motifs is 2. The first-order valence-corrected chi connectivity index (χ1v) is 20.8. The van der Waals surface area contributed by atoms with Crippen molar-refractivity contribution in [2.75, 3.05) is 13.2 Å². The quantitative estimate of drug-likeness (QED) is 0.101. The molecular formula is C26H37IN4O2Si2. The van der Waals surface area contributed by atoms with Crippen molar-refractivity contribution in [3.8, 4) is 11.5 Å². The summed E-state index contributed by atoms with van der Waals surface area (Å²) in [4.78, 5) is 5.01. The van der Waals surface area contributed by atoms with Gasteiger partial charge in [0.25, 0.3) is 0 Å². The minimum absolute atomic E-state index is 0.439. The summed E-state index contributed by atoms with van der Waals surface area (Å²) in [6, 6.07) is 17.0.